The molecule has 1 rings (SSSR count). The zero-order valence-electron chi connectivity index (χ0n) is 6.92. The van der Waals surface area contributed by atoms with E-state index in [9.17, 15) is 0 Å². The highest BCUT2D eigenvalue weighted by Crippen LogP contribution is 2.00. The Labute approximate surface area is 83.1 Å². The molecule has 1 heterocycles. The van der Waals surface area contributed by atoms with E-state index in [-0.39, 0.29) is 0 Å². The highest BCUT2D eigenvalue weighted by atomic mass is 32.2. The van der Waals surface area contributed by atoms with E-state index in [1.807, 2.05) is 24.4 Å². The van der Waals surface area contributed by atoms with Gasteiger partial charge in [-0.05, 0) is 15.3 Å². The third-order valence-corrected chi connectivity index (χ3v) is 2.50. The molecule has 0 aromatic carbocycles. The minimum Gasteiger partial charge on any atom is -0.220 e. The predicted molar refractivity (Wildman–Crippen MR) is 53.2 cm³/mol. The molecular formula is C7H11NO3PS+. The molecule has 0 bridgehead atoms. The maximum Gasteiger partial charge on any atom is 0.195 e. The van der Waals surface area contributed by atoms with Crippen LogP contribution in [-0.4, -0.2) is 11.0 Å². The summed E-state index contributed by atoms with van der Waals surface area (Å²) in [5.74, 6) is 0.705. The Hall–Kier alpha value is -0.190. The molecule has 0 saturated heterocycles. The molecule has 4 nitrogen and oxygen atoms in total. The molecule has 1 aromatic heterocycles. The highest BCUT2D eigenvalue weighted by Gasteiger charge is 2.03. The van der Waals surface area contributed by atoms with Gasteiger partial charge in [0.05, 0.1) is 5.75 Å². The minimum absolute atomic E-state index is 0.705. The fourth-order valence-corrected chi connectivity index (χ4v) is 1.59. The zero-order valence-corrected chi connectivity index (χ0v) is 8.89. The molecule has 1 atom stereocenters. The Morgan fingerprint density at radius 1 is 1.54 bits per heavy atom. The molecule has 0 amide bonds. The topological polar surface area (TPSA) is 42.6 Å². The monoisotopic (exact) mass is 220 g/mol. The van der Waals surface area contributed by atoms with E-state index in [1.54, 1.807) is 0 Å². The lowest BCUT2D eigenvalue weighted by Gasteiger charge is -1.97. The summed E-state index contributed by atoms with van der Waals surface area (Å²) in [6.45, 7) is 0.799. The minimum atomic E-state index is 0.705. The SMILES string of the molecule is OOOSCC[n+]1ccccc1P. The van der Waals surface area contributed by atoms with E-state index in [0.29, 0.717) is 5.75 Å². The van der Waals surface area contributed by atoms with Crippen LogP contribution in [0.15, 0.2) is 24.4 Å². The zero-order chi connectivity index (χ0) is 9.52. The molecule has 0 radical (unpaired) electrons. The van der Waals surface area contributed by atoms with E-state index in [4.69, 9.17) is 5.26 Å². The van der Waals surface area contributed by atoms with Crippen LogP contribution >= 0.6 is 21.3 Å². The molecule has 0 saturated carbocycles. The van der Waals surface area contributed by atoms with Gasteiger partial charge >= 0.3 is 0 Å². The summed E-state index contributed by atoms with van der Waals surface area (Å²) in [6, 6.07) is 5.93. The van der Waals surface area contributed by atoms with Gasteiger partial charge in [0.2, 0.25) is 0 Å². The molecule has 0 fully saturated rings. The van der Waals surface area contributed by atoms with Gasteiger partial charge in [0.1, 0.15) is 0 Å². The van der Waals surface area contributed by atoms with E-state index in [1.165, 1.54) is 0 Å². The Balaban J connectivity index is 2.32. The van der Waals surface area contributed by atoms with Crippen LogP contribution in [0.1, 0.15) is 0 Å². The van der Waals surface area contributed by atoms with Gasteiger partial charge in [0.15, 0.2) is 18.2 Å². The number of pyridine rings is 1. The number of aromatic nitrogens is 1. The smallest absolute Gasteiger partial charge is 0.195 e. The second-order valence-electron chi connectivity index (χ2n) is 2.28. The second-order valence-corrected chi connectivity index (χ2v) is 3.66. The fraction of sp³-hybridized carbons (Fsp3) is 0.286. The summed E-state index contributed by atoms with van der Waals surface area (Å²) in [6.07, 6.45) is 1.97. The number of hydrogen-bond acceptors (Lipinski definition) is 4. The normalized spacial score (nSPS) is 10.3. The third-order valence-electron chi connectivity index (χ3n) is 1.47. The average molecular weight is 220 g/mol. The molecule has 13 heavy (non-hydrogen) atoms. The standard InChI is InChI=1S/C7H10NO3PS/c9-10-11-13-6-5-8-4-2-1-3-7(8)12/h1-4H,5-6,12H2/p+1. The maximum atomic E-state index is 7.86. The first-order valence-corrected chi connectivity index (χ1v) is 5.17. The van der Waals surface area contributed by atoms with Crippen molar-refractivity contribution in [1.29, 1.82) is 0 Å². The van der Waals surface area contributed by atoms with Gasteiger partial charge in [-0.2, -0.15) is 4.57 Å². The lowest BCUT2D eigenvalue weighted by atomic mass is 10.5. The predicted octanol–water partition coefficient (Wildman–Crippen LogP) is 0.544. The molecule has 0 aliphatic heterocycles. The van der Waals surface area contributed by atoms with Crippen LogP contribution in [0.2, 0.25) is 0 Å². The molecule has 1 aromatic rings. The Kier molecular flexibility index (Phi) is 5.27. The number of rotatable bonds is 5. The maximum absolute atomic E-state index is 7.86. The van der Waals surface area contributed by atoms with Crippen LogP contribution in [-0.2, 0) is 15.9 Å². The summed E-state index contributed by atoms with van der Waals surface area (Å²) >= 11 is 1.05. The van der Waals surface area contributed by atoms with Crippen LogP contribution < -0.4 is 10.0 Å². The van der Waals surface area contributed by atoms with Crippen LogP contribution in [0.5, 0.6) is 0 Å². The molecule has 6 heteroatoms. The van der Waals surface area contributed by atoms with Crippen molar-refractivity contribution >= 4 is 26.7 Å². The first kappa shape index (κ1) is 10.9. The first-order valence-electron chi connectivity index (χ1n) is 3.68. The summed E-state index contributed by atoms with van der Waals surface area (Å²) < 4.78 is 6.30. The van der Waals surface area contributed by atoms with Crippen molar-refractivity contribution in [1.82, 2.24) is 0 Å². The average Bonchev–Trinajstić information content (AvgIpc) is 2.15. The van der Waals surface area contributed by atoms with Crippen molar-refractivity contribution in [2.45, 2.75) is 6.54 Å². The molecule has 1 N–H and O–H groups in total. The number of hydrogen-bond donors (Lipinski definition) is 1. The van der Waals surface area contributed by atoms with Crippen LogP contribution in [0.3, 0.4) is 0 Å². The van der Waals surface area contributed by atoms with Crippen molar-refractivity contribution in [3.8, 4) is 0 Å². The van der Waals surface area contributed by atoms with Crippen molar-refractivity contribution < 1.29 is 19.2 Å². The Morgan fingerprint density at radius 3 is 3.08 bits per heavy atom. The van der Waals surface area contributed by atoms with Crippen LogP contribution in [0.4, 0.5) is 0 Å². The van der Waals surface area contributed by atoms with Gasteiger partial charge in [-0.25, -0.2) is 5.26 Å². The van der Waals surface area contributed by atoms with Gasteiger partial charge in [-0.3, -0.25) is 0 Å². The van der Waals surface area contributed by atoms with Crippen LogP contribution in [0.25, 0.3) is 0 Å². The van der Waals surface area contributed by atoms with Gasteiger partial charge in [0.25, 0.3) is 0 Å². The molecule has 0 aliphatic carbocycles. The van der Waals surface area contributed by atoms with E-state index >= 15 is 0 Å². The van der Waals surface area contributed by atoms with Crippen molar-refractivity contribution in [2.75, 3.05) is 5.75 Å². The molecular weight excluding hydrogens is 209 g/mol. The third kappa shape index (κ3) is 4.02. The summed E-state index contributed by atoms with van der Waals surface area (Å²) in [5, 5.41) is 11.3. The number of aryl methyl sites for hydroxylation is 1. The molecule has 0 aliphatic rings. The fourth-order valence-electron chi connectivity index (χ4n) is 0.884. The molecule has 1 unspecified atom stereocenters. The summed E-state index contributed by atoms with van der Waals surface area (Å²) in [7, 11) is 2.64. The Bertz CT molecular complexity index is 261. The van der Waals surface area contributed by atoms with Crippen molar-refractivity contribution in [3.63, 3.8) is 0 Å². The molecule has 0 spiro atoms. The van der Waals surface area contributed by atoms with Crippen LogP contribution in [0, 0.1) is 0 Å². The molecule has 72 valence electrons. The summed E-state index contributed by atoms with van der Waals surface area (Å²) in [4.78, 5) is 0. The van der Waals surface area contributed by atoms with Gasteiger partial charge in [0, 0.05) is 24.2 Å². The quantitative estimate of drug-likeness (QED) is 0.196. The van der Waals surface area contributed by atoms with Gasteiger partial charge < -0.3 is 0 Å². The van der Waals surface area contributed by atoms with E-state index in [2.05, 4.69) is 23.2 Å². The second kappa shape index (κ2) is 6.29. The van der Waals surface area contributed by atoms with Crippen molar-refractivity contribution in [2.24, 2.45) is 0 Å². The van der Waals surface area contributed by atoms with E-state index < -0.39 is 0 Å². The summed E-state index contributed by atoms with van der Waals surface area (Å²) in [5.41, 5.74) is 1.10. The lowest BCUT2D eigenvalue weighted by Crippen LogP contribution is -2.46. The largest absolute Gasteiger partial charge is 0.220 e. The lowest BCUT2D eigenvalue weighted by molar-refractivity contribution is -0.674. The van der Waals surface area contributed by atoms with E-state index in [0.717, 1.165) is 24.0 Å². The highest BCUT2D eigenvalue weighted by molar-refractivity contribution is 7.94. The number of nitrogens with zero attached hydrogens (tertiary/aromatic N) is 1. The van der Waals surface area contributed by atoms with Gasteiger partial charge in [-0.1, -0.05) is 5.04 Å². The Morgan fingerprint density at radius 2 is 2.38 bits per heavy atom. The van der Waals surface area contributed by atoms with Gasteiger partial charge in [-0.15, -0.1) is 4.33 Å². The first-order chi connectivity index (χ1) is 6.34. The van der Waals surface area contributed by atoms with Crippen molar-refractivity contribution in [3.05, 3.63) is 24.4 Å².